The maximum absolute atomic E-state index is 12.2. The topological polar surface area (TPSA) is 114 Å². The predicted octanol–water partition coefficient (Wildman–Crippen LogP) is 2.55. The Morgan fingerprint density at radius 1 is 1.17 bits per heavy atom. The Labute approximate surface area is 170 Å². The molecule has 4 heterocycles. The summed E-state index contributed by atoms with van der Waals surface area (Å²) in [6.07, 6.45) is 2.35. The SMILES string of the molecule is COc1cc(N2CCc3nc(NC(=O)Nc4ccccn4)sc3C2)nc(OC)n1. The van der Waals surface area contributed by atoms with Crippen LogP contribution in [-0.4, -0.2) is 46.7 Å². The molecule has 1 aliphatic heterocycles. The van der Waals surface area contributed by atoms with Crippen LogP contribution in [0.4, 0.5) is 21.6 Å². The molecule has 2 amide bonds. The number of fused-ring (bicyclic) bond motifs is 1. The number of hydrogen-bond donors (Lipinski definition) is 2. The van der Waals surface area contributed by atoms with Gasteiger partial charge in [-0.05, 0) is 12.1 Å². The lowest BCUT2D eigenvalue weighted by Gasteiger charge is -2.27. The molecule has 4 rings (SSSR count). The molecule has 0 atom stereocenters. The predicted molar refractivity (Wildman–Crippen MR) is 109 cm³/mol. The third-order valence-electron chi connectivity index (χ3n) is 4.24. The van der Waals surface area contributed by atoms with Crippen LogP contribution < -0.4 is 25.0 Å². The number of urea groups is 1. The van der Waals surface area contributed by atoms with Gasteiger partial charge in [0.25, 0.3) is 0 Å². The molecule has 29 heavy (non-hydrogen) atoms. The molecule has 150 valence electrons. The molecule has 0 bridgehead atoms. The highest BCUT2D eigenvalue weighted by molar-refractivity contribution is 7.15. The van der Waals surface area contributed by atoms with Gasteiger partial charge in [0.2, 0.25) is 5.88 Å². The lowest BCUT2D eigenvalue weighted by Crippen LogP contribution is -2.30. The number of nitrogens with zero attached hydrogens (tertiary/aromatic N) is 5. The molecule has 0 aromatic carbocycles. The van der Waals surface area contributed by atoms with E-state index in [1.54, 1.807) is 37.6 Å². The maximum atomic E-state index is 12.2. The second-order valence-corrected chi connectivity index (χ2v) is 7.19. The van der Waals surface area contributed by atoms with Crippen LogP contribution >= 0.6 is 11.3 Å². The number of anilines is 3. The van der Waals surface area contributed by atoms with Crippen molar-refractivity contribution in [1.82, 2.24) is 19.9 Å². The van der Waals surface area contributed by atoms with Gasteiger partial charge in [0.15, 0.2) is 5.13 Å². The fraction of sp³-hybridized carbons (Fsp3) is 0.278. The van der Waals surface area contributed by atoms with E-state index in [-0.39, 0.29) is 12.0 Å². The van der Waals surface area contributed by atoms with Crippen molar-refractivity contribution in [3.8, 4) is 11.9 Å². The molecule has 0 spiro atoms. The minimum Gasteiger partial charge on any atom is -0.481 e. The van der Waals surface area contributed by atoms with Gasteiger partial charge >= 0.3 is 12.0 Å². The van der Waals surface area contributed by atoms with Crippen molar-refractivity contribution < 1.29 is 14.3 Å². The zero-order valence-electron chi connectivity index (χ0n) is 15.9. The Hall–Kier alpha value is -3.47. The van der Waals surface area contributed by atoms with Crippen LogP contribution in [0, 0.1) is 0 Å². The minimum absolute atomic E-state index is 0.253. The Morgan fingerprint density at radius 3 is 2.83 bits per heavy atom. The summed E-state index contributed by atoms with van der Waals surface area (Å²) in [6, 6.07) is 6.95. The molecule has 0 radical (unpaired) electrons. The van der Waals surface area contributed by atoms with Crippen LogP contribution in [0.5, 0.6) is 11.9 Å². The smallest absolute Gasteiger partial charge is 0.326 e. The van der Waals surface area contributed by atoms with Crippen LogP contribution in [0.1, 0.15) is 10.6 Å². The summed E-state index contributed by atoms with van der Waals surface area (Å²) in [4.78, 5) is 32.5. The molecule has 3 aromatic heterocycles. The fourth-order valence-electron chi connectivity index (χ4n) is 2.88. The largest absolute Gasteiger partial charge is 0.481 e. The standard InChI is InChI=1S/C18H19N7O3S/c1-27-15-9-14(22-17(23-15)28-2)25-8-6-11-12(10-25)29-18(20-11)24-16(26)21-13-5-3-4-7-19-13/h3-5,7,9H,6,8,10H2,1-2H3,(H2,19,20,21,24,26). The van der Waals surface area contributed by atoms with Gasteiger partial charge in [0.1, 0.15) is 11.6 Å². The second kappa shape index (κ2) is 8.27. The molecule has 2 N–H and O–H groups in total. The van der Waals surface area contributed by atoms with Crippen molar-refractivity contribution in [2.45, 2.75) is 13.0 Å². The highest BCUT2D eigenvalue weighted by Gasteiger charge is 2.23. The number of nitrogens with one attached hydrogen (secondary N) is 2. The number of carbonyl (C=O) groups excluding carboxylic acids is 1. The summed E-state index contributed by atoms with van der Waals surface area (Å²) in [5.41, 5.74) is 0.979. The van der Waals surface area contributed by atoms with Crippen molar-refractivity contribution in [3.63, 3.8) is 0 Å². The Balaban J connectivity index is 1.45. The number of hydrogen-bond acceptors (Lipinski definition) is 9. The van der Waals surface area contributed by atoms with Crippen molar-refractivity contribution in [3.05, 3.63) is 41.0 Å². The van der Waals surface area contributed by atoms with Crippen molar-refractivity contribution in [2.24, 2.45) is 0 Å². The molecule has 0 saturated carbocycles. The van der Waals surface area contributed by atoms with E-state index < -0.39 is 0 Å². The number of amides is 2. The van der Waals surface area contributed by atoms with Gasteiger partial charge < -0.3 is 14.4 Å². The first-order valence-corrected chi connectivity index (χ1v) is 9.66. The number of aromatic nitrogens is 4. The van der Waals surface area contributed by atoms with Gasteiger partial charge in [-0.3, -0.25) is 10.6 Å². The lowest BCUT2D eigenvalue weighted by molar-refractivity contribution is 0.262. The quantitative estimate of drug-likeness (QED) is 0.656. The molecule has 0 unspecified atom stereocenters. The minimum atomic E-state index is -0.378. The summed E-state index contributed by atoms with van der Waals surface area (Å²) >= 11 is 1.44. The van der Waals surface area contributed by atoms with Crippen LogP contribution in [0.15, 0.2) is 30.5 Å². The number of methoxy groups -OCH3 is 2. The zero-order valence-corrected chi connectivity index (χ0v) is 16.7. The molecule has 11 heteroatoms. The number of carbonyl (C=O) groups is 1. The summed E-state index contributed by atoms with van der Waals surface area (Å²) < 4.78 is 10.4. The van der Waals surface area contributed by atoms with Crippen molar-refractivity contribution in [1.29, 1.82) is 0 Å². The maximum Gasteiger partial charge on any atom is 0.326 e. The molecule has 1 aliphatic rings. The summed E-state index contributed by atoms with van der Waals surface area (Å²) in [5.74, 6) is 1.63. The van der Waals surface area contributed by atoms with E-state index in [9.17, 15) is 4.79 Å². The summed E-state index contributed by atoms with van der Waals surface area (Å²) in [7, 11) is 3.07. The van der Waals surface area contributed by atoms with E-state index in [1.165, 1.54) is 18.4 Å². The van der Waals surface area contributed by atoms with Gasteiger partial charge in [0.05, 0.1) is 26.5 Å². The number of rotatable bonds is 5. The molecule has 0 aliphatic carbocycles. The average Bonchev–Trinajstić information content (AvgIpc) is 3.15. The van der Waals surface area contributed by atoms with Crippen LogP contribution in [0.25, 0.3) is 0 Å². The van der Waals surface area contributed by atoms with Crippen LogP contribution in [0.2, 0.25) is 0 Å². The zero-order chi connectivity index (χ0) is 20.2. The molecule has 3 aromatic rings. The molecule has 0 saturated heterocycles. The number of thiazole rings is 1. The van der Waals surface area contributed by atoms with E-state index in [4.69, 9.17) is 9.47 Å². The fourth-order valence-corrected chi connectivity index (χ4v) is 3.89. The third kappa shape index (κ3) is 4.35. The van der Waals surface area contributed by atoms with Gasteiger partial charge in [-0.25, -0.2) is 14.8 Å². The molecular formula is C18H19N7O3S. The summed E-state index contributed by atoms with van der Waals surface area (Å²) in [5, 5.41) is 6.00. The highest BCUT2D eigenvalue weighted by atomic mass is 32.1. The van der Waals surface area contributed by atoms with E-state index in [0.717, 1.165) is 29.4 Å². The normalized spacial score (nSPS) is 12.8. The van der Waals surface area contributed by atoms with E-state index in [2.05, 4.69) is 35.5 Å². The molecular weight excluding hydrogens is 394 g/mol. The second-order valence-electron chi connectivity index (χ2n) is 6.11. The van der Waals surface area contributed by atoms with Gasteiger partial charge in [-0.1, -0.05) is 17.4 Å². The Bertz CT molecular complexity index is 990. The van der Waals surface area contributed by atoms with Crippen LogP contribution in [0.3, 0.4) is 0 Å². The Kier molecular flexibility index (Phi) is 5.38. The number of pyridine rings is 1. The van der Waals surface area contributed by atoms with Gasteiger partial charge in [-0.2, -0.15) is 9.97 Å². The van der Waals surface area contributed by atoms with Gasteiger partial charge in [0, 0.05) is 30.1 Å². The third-order valence-corrected chi connectivity index (χ3v) is 5.24. The van der Waals surface area contributed by atoms with E-state index >= 15 is 0 Å². The first kappa shape index (κ1) is 18.9. The van der Waals surface area contributed by atoms with Gasteiger partial charge in [-0.15, -0.1) is 0 Å². The Morgan fingerprint density at radius 2 is 2.07 bits per heavy atom. The van der Waals surface area contributed by atoms with Crippen LogP contribution in [-0.2, 0) is 13.0 Å². The van der Waals surface area contributed by atoms with Crippen molar-refractivity contribution in [2.75, 3.05) is 36.3 Å². The first-order valence-electron chi connectivity index (χ1n) is 8.84. The molecule has 0 fully saturated rings. The molecule has 10 nitrogen and oxygen atoms in total. The van der Waals surface area contributed by atoms with E-state index in [1.807, 2.05) is 0 Å². The summed E-state index contributed by atoms with van der Waals surface area (Å²) in [6.45, 7) is 1.36. The monoisotopic (exact) mass is 413 g/mol. The van der Waals surface area contributed by atoms with E-state index in [0.29, 0.717) is 23.4 Å². The average molecular weight is 413 g/mol. The highest BCUT2D eigenvalue weighted by Crippen LogP contribution is 2.31. The number of ether oxygens (including phenoxy) is 2. The van der Waals surface area contributed by atoms with Crippen molar-refractivity contribution >= 4 is 34.1 Å². The first-order chi connectivity index (χ1) is 14.1. The lowest BCUT2D eigenvalue weighted by atomic mass is 10.2.